The first-order valence-corrected chi connectivity index (χ1v) is 9.53. The Morgan fingerprint density at radius 1 is 0.935 bits per heavy atom. The van der Waals surface area contributed by atoms with Crippen LogP contribution in [0.15, 0.2) is 72.8 Å². The lowest BCUT2D eigenvalue weighted by Gasteiger charge is -2.12. The topological polar surface area (TPSA) is 111 Å². The van der Waals surface area contributed by atoms with Crippen LogP contribution in [-0.4, -0.2) is 23.3 Å². The molecule has 0 aliphatic heterocycles. The van der Waals surface area contributed by atoms with Crippen LogP contribution in [0.4, 0.5) is 5.69 Å². The van der Waals surface area contributed by atoms with Crippen molar-refractivity contribution in [2.75, 3.05) is 6.61 Å². The molecule has 8 heteroatoms. The fourth-order valence-corrected chi connectivity index (χ4v) is 3.05. The number of carbonyl (C=O) groups is 2. The predicted molar refractivity (Wildman–Crippen MR) is 115 cm³/mol. The molecule has 0 aromatic heterocycles. The first-order valence-electron chi connectivity index (χ1n) is 9.53. The van der Waals surface area contributed by atoms with Gasteiger partial charge < -0.3 is 4.74 Å². The minimum absolute atomic E-state index is 0.101. The number of nitro benzene ring substituents is 1. The lowest BCUT2D eigenvalue weighted by Crippen LogP contribution is -2.44. The average Bonchev–Trinajstić information content (AvgIpc) is 2.77. The summed E-state index contributed by atoms with van der Waals surface area (Å²) in [6.07, 6.45) is 0.654. The lowest BCUT2D eigenvalue weighted by molar-refractivity contribution is -0.385. The number of nitrogens with one attached hydrogen (secondary N) is 2. The van der Waals surface area contributed by atoms with E-state index in [1.54, 1.807) is 6.07 Å². The van der Waals surface area contributed by atoms with Crippen molar-refractivity contribution in [1.82, 2.24) is 10.9 Å². The van der Waals surface area contributed by atoms with Gasteiger partial charge in [-0.25, -0.2) is 0 Å². The molecule has 3 rings (SSSR count). The molecular formula is C23H21N3O5. The van der Waals surface area contributed by atoms with Crippen molar-refractivity contribution >= 4 is 17.5 Å². The number of amides is 2. The first-order chi connectivity index (χ1) is 15.0. The van der Waals surface area contributed by atoms with Crippen molar-refractivity contribution in [2.24, 2.45) is 0 Å². The number of carbonyl (C=O) groups excluding carboxylic acids is 2. The molecule has 0 saturated heterocycles. The van der Waals surface area contributed by atoms with Gasteiger partial charge in [-0.3, -0.25) is 30.6 Å². The van der Waals surface area contributed by atoms with Gasteiger partial charge in [0, 0.05) is 18.1 Å². The van der Waals surface area contributed by atoms with Crippen molar-refractivity contribution < 1.29 is 19.2 Å². The second kappa shape index (κ2) is 10.0. The first kappa shape index (κ1) is 21.5. The van der Waals surface area contributed by atoms with Crippen LogP contribution >= 0.6 is 0 Å². The maximum absolute atomic E-state index is 12.3. The SMILES string of the molecule is Cc1c(C(=O)NNC(=O)COc2ccccc2Cc2ccccc2)cccc1[N+](=O)[O-]. The number of benzene rings is 3. The summed E-state index contributed by atoms with van der Waals surface area (Å²) in [6, 6.07) is 21.4. The van der Waals surface area contributed by atoms with Gasteiger partial charge >= 0.3 is 0 Å². The number of ether oxygens (including phenoxy) is 1. The quantitative estimate of drug-likeness (QED) is 0.451. The highest BCUT2D eigenvalue weighted by Gasteiger charge is 2.18. The van der Waals surface area contributed by atoms with Crippen molar-refractivity contribution in [3.05, 3.63) is 105 Å². The molecule has 0 aliphatic rings. The van der Waals surface area contributed by atoms with Gasteiger partial charge in [0.1, 0.15) is 5.75 Å². The average molecular weight is 419 g/mol. The highest BCUT2D eigenvalue weighted by molar-refractivity contribution is 5.97. The molecule has 31 heavy (non-hydrogen) atoms. The van der Waals surface area contributed by atoms with Gasteiger partial charge in [-0.2, -0.15) is 0 Å². The molecule has 0 atom stereocenters. The molecule has 0 heterocycles. The van der Waals surface area contributed by atoms with Crippen LogP contribution in [0.25, 0.3) is 0 Å². The largest absolute Gasteiger partial charge is 0.483 e. The van der Waals surface area contributed by atoms with Crippen molar-refractivity contribution in [1.29, 1.82) is 0 Å². The van der Waals surface area contributed by atoms with Gasteiger partial charge in [0.25, 0.3) is 17.5 Å². The molecular weight excluding hydrogens is 398 g/mol. The highest BCUT2D eigenvalue weighted by atomic mass is 16.6. The Labute approximate surface area is 179 Å². The monoisotopic (exact) mass is 419 g/mol. The van der Waals surface area contributed by atoms with Gasteiger partial charge in [0.15, 0.2) is 6.61 Å². The van der Waals surface area contributed by atoms with E-state index in [9.17, 15) is 19.7 Å². The second-order valence-corrected chi connectivity index (χ2v) is 6.77. The summed E-state index contributed by atoms with van der Waals surface area (Å²) in [5, 5.41) is 11.0. The number of rotatable bonds is 7. The lowest BCUT2D eigenvalue weighted by atomic mass is 10.0. The summed E-state index contributed by atoms with van der Waals surface area (Å²) in [5.74, 6) is -0.646. The minimum Gasteiger partial charge on any atom is -0.483 e. The Balaban J connectivity index is 1.56. The smallest absolute Gasteiger partial charge is 0.276 e. The van der Waals surface area contributed by atoms with Gasteiger partial charge in [0.05, 0.1) is 10.5 Å². The van der Waals surface area contributed by atoms with E-state index < -0.39 is 16.7 Å². The van der Waals surface area contributed by atoms with Crippen LogP contribution in [0.3, 0.4) is 0 Å². The number of hydrazine groups is 1. The zero-order chi connectivity index (χ0) is 22.2. The standard InChI is InChI=1S/C23H21N3O5/c1-16-19(11-7-12-20(16)26(29)30)23(28)25-24-22(27)15-31-21-13-6-5-10-18(21)14-17-8-3-2-4-9-17/h2-13H,14-15H2,1H3,(H,24,27)(H,25,28). The third-order valence-corrected chi connectivity index (χ3v) is 4.63. The summed E-state index contributed by atoms with van der Waals surface area (Å²) >= 11 is 0. The number of hydrogen-bond acceptors (Lipinski definition) is 5. The molecule has 3 aromatic rings. The van der Waals surface area contributed by atoms with Crippen LogP contribution in [0, 0.1) is 17.0 Å². The third-order valence-electron chi connectivity index (χ3n) is 4.63. The highest BCUT2D eigenvalue weighted by Crippen LogP contribution is 2.22. The Morgan fingerprint density at radius 3 is 2.39 bits per heavy atom. The van der Waals surface area contributed by atoms with E-state index in [4.69, 9.17) is 4.74 Å². The van der Waals surface area contributed by atoms with Crippen LogP contribution < -0.4 is 15.6 Å². The molecule has 2 amide bonds. The van der Waals surface area contributed by atoms with Gasteiger partial charge in [-0.15, -0.1) is 0 Å². The third kappa shape index (κ3) is 5.66. The van der Waals surface area contributed by atoms with Crippen LogP contribution in [0.1, 0.15) is 27.0 Å². The molecule has 0 aliphatic carbocycles. The van der Waals surface area contributed by atoms with E-state index in [1.165, 1.54) is 25.1 Å². The minimum atomic E-state index is -0.654. The molecule has 0 bridgehead atoms. The van der Waals surface area contributed by atoms with Crippen LogP contribution in [0.2, 0.25) is 0 Å². The fraction of sp³-hybridized carbons (Fsp3) is 0.130. The van der Waals surface area contributed by atoms with E-state index in [0.29, 0.717) is 12.2 Å². The van der Waals surface area contributed by atoms with Gasteiger partial charge in [0.2, 0.25) is 0 Å². The number of para-hydroxylation sites is 1. The molecule has 3 aromatic carbocycles. The number of nitro groups is 1. The zero-order valence-electron chi connectivity index (χ0n) is 16.8. The van der Waals surface area contributed by atoms with Gasteiger partial charge in [-0.1, -0.05) is 54.6 Å². The predicted octanol–water partition coefficient (Wildman–Crippen LogP) is 3.33. The Kier molecular flexibility index (Phi) is 6.95. The maximum atomic E-state index is 12.3. The molecule has 0 spiro atoms. The summed E-state index contributed by atoms with van der Waals surface area (Å²) in [5.41, 5.74) is 6.70. The molecule has 158 valence electrons. The second-order valence-electron chi connectivity index (χ2n) is 6.77. The molecule has 0 saturated carbocycles. The molecule has 8 nitrogen and oxygen atoms in total. The Hall–Kier alpha value is -4.20. The molecule has 2 N–H and O–H groups in total. The van der Waals surface area contributed by atoms with E-state index in [2.05, 4.69) is 10.9 Å². The molecule has 0 radical (unpaired) electrons. The zero-order valence-corrected chi connectivity index (χ0v) is 16.8. The number of nitrogens with zero attached hydrogens (tertiary/aromatic N) is 1. The van der Waals surface area contributed by atoms with E-state index >= 15 is 0 Å². The van der Waals surface area contributed by atoms with E-state index in [1.807, 2.05) is 48.5 Å². The summed E-state index contributed by atoms with van der Waals surface area (Å²) in [4.78, 5) is 34.9. The van der Waals surface area contributed by atoms with Crippen LogP contribution in [-0.2, 0) is 11.2 Å². The maximum Gasteiger partial charge on any atom is 0.276 e. The van der Waals surface area contributed by atoms with E-state index in [0.717, 1.165) is 11.1 Å². The van der Waals surface area contributed by atoms with Crippen molar-refractivity contribution in [2.45, 2.75) is 13.3 Å². The normalized spacial score (nSPS) is 10.2. The summed E-state index contributed by atoms with van der Waals surface area (Å²) < 4.78 is 5.63. The summed E-state index contributed by atoms with van der Waals surface area (Å²) in [6.45, 7) is 1.17. The Morgan fingerprint density at radius 2 is 1.65 bits per heavy atom. The number of hydrogen-bond donors (Lipinski definition) is 2. The van der Waals surface area contributed by atoms with E-state index in [-0.39, 0.29) is 23.4 Å². The van der Waals surface area contributed by atoms with Crippen LogP contribution in [0.5, 0.6) is 5.75 Å². The summed E-state index contributed by atoms with van der Waals surface area (Å²) in [7, 11) is 0. The Bertz CT molecular complexity index is 1100. The molecule has 0 fully saturated rings. The van der Waals surface area contributed by atoms with Crippen molar-refractivity contribution in [3.63, 3.8) is 0 Å². The molecule has 0 unspecified atom stereocenters. The van der Waals surface area contributed by atoms with Gasteiger partial charge in [-0.05, 0) is 30.2 Å². The van der Waals surface area contributed by atoms with Crippen molar-refractivity contribution in [3.8, 4) is 5.75 Å². The fourth-order valence-electron chi connectivity index (χ4n) is 3.05.